The van der Waals surface area contributed by atoms with Gasteiger partial charge in [-0.15, -0.1) is 0 Å². The normalized spacial score (nSPS) is 16.0. The minimum absolute atomic E-state index is 0.0192. The number of carboxylic acids is 1. The molecule has 1 aromatic carbocycles. The van der Waals surface area contributed by atoms with Crippen LogP contribution in [0.15, 0.2) is 12.1 Å². The van der Waals surface area contributed by atoms with Gasteiger partial charge in [0, 0.05) is 18.7 Å². The van der Waals surface area contributed by atoms with Crippen LogP contribution < -0.4 is 9.47 Å². The molecule has 6 nitrogen and oxygen atoms in total. The molecule has 27 heavy (non-hydrogen) atoms. The molecule has 7 heteroatoms. The number of nitrogens with zero attached hydrogens (tertiary/aromatic N) is 1. The SMILES string of the molecule is CCCCSCCC(=O)N1CCc2cc(OC)c(OC)cc2C1CC(=O)O. The number of hydrogen-bond donors (Lipinski definition) is 1. The lowest BCUT2D eigenvalue weighted by molar-refractivity contribution is -0.141. The van der Waals surface area contributed by atoms with Crippen molar-refractivity contribution in [1.29, 1.82) is 0 Å². The Bertz CT molecular complexity index is 664. The van der Waals surface area contributed by atoms with Crippen molar-refractivity contribution >= 4 is 23.6 Å². The number of carboxylic acid groups (broad SMARTS) is 1. The monoisotopic (exact) mass is 395 g/mol. The second-order valence-electron chi connectivity index (χ2n) is 6.57. The van der Waals surface area contributed by atoms with Crippen LogP contribution in [0, 0.1) is 0 Å². The Hall–Kier alpha value is -1.89. The second kappa shape index (κ2) is 10.4. The Balaban J connectivity index is 2.20. The topological polar surface area (TPSA) is 76.1 Å². The van der Waals surface area contributed by atoms with Crippen molar-refractivity contribution in [3.05, 3.63) is 23.3 Å². The Morgan fingerprint density at radius 1 is 1.22 bits per heavy atom. The molecule has 0 bridgehead atoms. The van der Waals surface area contributed by atoms with Crippen LogP contribution in [-0.4, -0.2) is 54.2 Å². The zero-order chi connectivity index (χ0) is 19.8. The molecule has 150 valence electrons. The van der Waals surface area contributed by atoms with E-state index in [4.69, 9.17) is 9.47 Å². The van der Waals surface area contributed by atoms with Crippen molar-refractivity contribution < 1.29 is 24.2 Å². The quantitative estimate of drug-likeness (QED) is 0.611. The van der Waals surface area contributed by atoms with Crippen LogP contribution in [0.3, 0.4) is 0 Å². The first kappa shape index (κ1) is 21.4. The van der Waals surface area contributed by atoms with Crippen LogP contribution in [0.4, 0.5) is 0 Å². The number of rotatable bonds is 10. The summed E-state index contributed by atoms with van der Waals surface area (Å²) in [5, 5.41) is 9.39. The summed E-state index contributed by atoms with van der Waals surface area (Å²) in [6.45, 7) is 2.68. The molecule has 0 spiro atoms. The van der Waals surface area contributed by atoms with E-state index in [1.54, 1.807) is 30.9 Å². The number of thioether (sulfide) groups is 1. The Morgan fingerprint density at radius 3 is 2.56 bits per heavy atom. The summed E-state index contributed by atoms with van der Waals surface area (Å²) < 4.78 is 10.7. The van der Waals surface area contributed by atoms with Crippen LogP contribution in [0.5, 0.6) is 11.5 Å². The summed E-state index contributed by atoms with van der Waals surface area (Å²) in [6.07, 6.45) is 3.31. The highest BCUT2D eigenvalue weighted by Gasteiger charge is 2.33. The van der Waals surface area contributed by atoms with E-state index < -0.39 is 12.0 Å². The van der Waals surface area contributed by atoms with Crippen molar-refractivity contribution in [3.8, 4) is 11.5 Å². The summed E-state index contributed by atoms with van der Waals surface area (Å²) in [6, 6.07) is 3.24. The van der Waals surface area contributed by atoms with E-state index in [9.17, 15) is 14.7 Å². The van der Waals surface area contributed by atoms with Crippen molar-refractivity contribution in [2.75, 3.05) is 32.3 Å². The molecule has 1 aliphatic heterocycles. The molecular formula is C20H29NO5S. The maximum Gasteiger partial charge on any atom is 0.305 e. The van der Waals surface area contributed by atoms with Crippen molar-refractivity contribution in [3.63, 3.8) is 0 Å². The molecule has 0 radical (unpaired) electrons. The Kier molecular flexibility index (Phi) is 8.28. The number of aliphatic carboxylic acids is 1. The fraction of sp³-hybridized carbons (Fsp3) is 0.600. The van der Waals surface area contributed by atoms with Crippen LogP contribution in [-0.2, 0) is 16.0 Å². The lowest BCUT2D eigenvalue weighted by Gasteiger charge is -2.37. The van der Waals surface area contributed by atoms with Gasteiger partial charge in [0.1, 0.15) is 0 Å². The maximum absolute atomic E-state index is 12.8. The van der Waals surface area contributed by atoms with Crippen molar-refractivity contribution in [1.82, 2.24) is 4.90 Å². The van der Waals surface area contributed by atoms with Gasteiger partial charge in [0.2, 0.25) is 5.91 Å². The van der Waals surface area contributed by atoms with Crippen LogP contribution in [0.1, 0.15) is 49.8 Å². The van der Waals surface area contributed by atoms with Gasteiger partial charge in [0.05, 0.1) is 26.7 Å². The van der Waals surface area contributed by atoms with Crippen LogP contribution >= 0.6 is 11.8 Å². The largest absolute Gasteiger partial charge is 0.493 e. The van der Waals surface area contributed by atoms with Gasteiger partial charge in [-0.2, -0.15) is 11.8 Å². The first-order valence-electron chi connectivity index (χ1n) is 9.35. The molecular weight excluding hydrogens is 366 g/mol. The lowest BCUT2D eigenvalue weighted by atomic mass is 9.89. The molecule has 0 saturated heterocycles. The highest BCUT2D eigenvalue weighted by atomic mass is 32.2. The molecule has 2 rings (SSSR count). The standard InChI is InChI=1S/C20H29NO5S/c1-4-5-9-27-10-7-19(22)21-8-6-14-11-17(25-2)18(26-3)12-15(14)16(21)13-20(23)24/h11-12,16H,4-10,13H2,1-3H3,(H,23,24). The molecule has 0 fully saturated rings. The van der Waals surface area contributed by atoms with E-state index in [0.29, 0.717) is 30.9 Å². The molecule has 1 aliphatic rings. The number of unbranched alkanes of at least 4 members (excludes halogenated alkanes) is 1. The highest BCUT2D eigenvalue weighted by molar-refractivity contribution is 7.99. The van der Waals surface area contributed by atoms with E-state index in [-0.39, 0.29) is 12.3 Å². The fourth-order valence-electron chi connectivity index (χ4n) is 3.36. The molecule has 1 aromatic rings. The third-order valence-electron chi connectivity index (χ3n) is 4.79. The van der Waals surface area contributed by atoms with Crippen LogP contribution in [0.2, 0.25) is 0 Å². The van der Waals surface area contributed by atoms with Gasteiger partial charge in [-0.25, -0.2) is 0 Å². The number of fused-ring (bicyclic) bond motifs is 1. The number of methoxy groups -OCH3 is 2. The molecule has 1 atom stereocenters. The van der Waals surface area contributed by atoms with E-state index in [1.807, 2.05) is 12.1 Å². The maximum atomic E-state index is 12.8. The van der Waals surface area contributed by atoms with Gasteiger partial charge >= 0.3 is 5.97 Å². The van der Waals surface area contributed by atoms with E-state index in [2.05, 4.69) is 6.92 Å². The summed E-state index contributed by atoms with van der Waals surface area (Å²) in [4.78, 5) is 26.0. The van der Waals surface area contributed by atoms with Gasteiger partial charge in [-0.1, -0.05) is 13.3 Å². The molecule has 0 saturated carbocycles. The third-order valence-corrected chi connectivity index (χ3v) is 5.86. The smallest absolute Gasteiger partial charge is 0.305 e. The Morgan fingerprint density at radius 2 is 1.93 bits per heavy atom. The number of ether oxygens (including phenoxy) is 2. The third kappa shape index (κ3) is 5.54. The number of carbonyl (C=O) groups is 2. The first-order valence-corrected chi connectivity index (χ1v) is 10.5. The number of amides is 1. The zero-order valence-electron chi connectivity index (χ0n) is 16.3. The van der Waals surface area contributed by atoms with Gasteiger partial charge in [0.25, 0.3) is 0 Å². The second-order valence-corrected chi connectivity index (χ2v) is 7.80. The number of hydrogen-bond acceptors (Lipinski definition) is 5. The number of carbonyl (C=O) groups excluding carboxylic acids is 1. The van der Waals surface area contributed by atoms with Gasteiger partial charge in [0.15, 0.2) is 11.5 Å². The molecule has 1 unspecified atom stereocenters. The lowest BCUT2D eigenvalue weighted by Crippen LogP contribution is -2.41. The van der Waals surface area contributed by atoms with Gasteiger partial charge < -0.3 is 19.5 Å². The first-order chi connectivity index (χ1) is 13.0. The fourth-order valence-corrected chi connectivity index (χ4v) is 4.38. The summed E-state index contributed by atoms with van der Waals surface area (Å²) >= 11 is 1.78. The van der Waals surface area contributed by atoms with E-state index >= 15 is 0 Å². The zero-order valence-corrected chi connectivity index (χ0v) is 17.1. The van der Waals surface area contributed by atoms with Crippen LogP contribution in [0.25, 0.3) is 0 Å². The number of benzene rings is 1. The minimum Gasteiger partial charge on any atom is -0.493 e. The summed E-state index contributed by atoms with van der Waals surface area (Å²) in [5.41, 5.74) is 1.86. The average molecular weight is 396 g/mol. The molecule has 0 aromatic heterocycles. The van der Waals surface area contributed by atoms with E-state index in [1.165, 1.54) is 0 Å². The summed E-state index contributed by atoms with van der Waals surface area (Å²) in [7, 11) is 3.13. The minimum atomic E-state index is -0.919. The predicted molar refractivity (Wildman–Crippen MR) is 107 cm³/mol. The highest BCUT2D eigenvalue weighted by Crippen LogP contribution is 2.39. The van der Waals surface area contributed by atoms with Crippen molar-refractivity contribution in [2.45, 2.75) is 45.1 Å². The average Bonchev–Trinajstić information content (AvgIpc) is 2.66. The molecule has 1 amide bonds. The van der Waals surface area contributed by atoms with Gasteiger partial charge in [-0.05, 0) is 41.9 Å². The van der Waals surface area contributed by atoms with Gasteiger partial charge in [-0.3, -0.25) is 9.59 Å². The van der Waals surface area contributed by atoms with E-state index in [0.717, 1.165) is 35.5 Å². The summed E-state index contributed by atoms with van der Waals surface area (Å²) in [5.74, 6) is 2.10. The molecule has 0 aliphatic carbocycles. The molecule has 1 N–H and O–H groups in total. The predicted octanol–water partition coefficient (Wildman–Crippen LogP) is 3.53. The Labute approximate surface area is 165 Å². The van der Waals surface area contributed by atoms with Crippen molar-refractivity contribution in [2.24, 2.45) is 0 Å². The molecule has 1 heterocycles.